The van der Waals surface area contributed by atoms with E-state index in [1.165, 1.54) is 27.5 Å². The monoisotopic (exact) mass is 450 g/mol. The van der Waals surface area contributed by atoms with Gasteiger partial charge >= 0.3 is 0 Å². The molecule has 0 bridgehead atoms. The van der Waals surface area contributed by atoms with E-state index in [1.54, 1.807) is 7.11 Å². The Labute approximate surface area is 194 Å². The summed E-state index contributed by atoms with van der Waals surface area (Å²) in [4.78, 5) is 14.7. The Balaban J connectivity index is 1.60. The van der Waals surface area contributed by atoms with E-state index in [1.807, 2.05) is 12.1 Å². The van der Waals surface area contributed by atoms with Crippen molar-refractivity contribution in [2.45, 2.75) is 43.9 Å². The smallest absolute Gasteiger partial charge is 0.224 e. The van der Waals surface area contributed by atoms with Crippen LogP contribution in [0.4, 0.5) is 5.69 Å². The van der Waals surface area contributed by atoms with E-state index >= 15 is 0 Å². The van der Waals surface area contributed by atoms with Gasteiger partial charge in [0.15, 0.2) is 5.72 Å². The van der Waals surface area contributed by atoms with Crippen LogP contribution in [0.25, 0.3) is 6.08 Å². The maximum absolute atomic E-state index is 12.4. The number of carbonyl (C=O) groups is 1. The minimum Gasteiger partial charge on any atom is -0.497 e. The number of ether oxygens (including phenoxy) is 2. The highest BCUT2D eigenvalue weighted by molar-refractivity contribution is 6.08. The molecule has 5 nitrogen and oxygen atoms in total. The summed E-state index contributed by atoms with van der Waals surface area (Å²) in [7, 11) is 2.86. The van der Waals surface area contributed by atoms with Crippen LogP contribution in [0.3, 0.4) is 0 Å². The molecular weight excluding hydrogens is 416 g/mol. The van der Waals surface area contributed by atoms with Crippen LogP contribution in [-0.4, -0.2) is 48.7 Å². The van der Waals surface area contributed by atoms with Crippen molar-refractivity contribution in [2.75, 3.05) is 31.7 Å². The molecule has 1 amide bonds. The van der Waals surface area contributed by atoms with Crippen molar-refractivity contribution in [2.24, 2.45) is 0 Å². The zero-order valence-electron chi connectivity index (χ0n) is 19.6. The van der Waals surface area contributed by atoms with E-state index in [2.05, 4.69) is 66.5 Å². The summed E-state index contributed by atoms with van der Waals surface area (Å²) in [6.07, 6.45) is 5.82. The van der Waals surface area contributed by atoms with Crippen molar-refractivity contribution in [3.63, 3.8) is 0 Å². The quantitative estimate of drug-likeness (QED) is 0.496. The van der Waals surface area contributed by atoms with Gasteiger partial charge in [0.25, 0.3) is 0 Å². The van der Waals surface area contributed by atoms with E-state index in [0.717, 1.165) is 36.4 Å². The summed E-state index contributed by atoms with van der Waals surface area (Å²) in [5.74, 6) is 0.947. The predicted molar refractivity (Wildman–Crippen MR) is 134 cm³/mol. The Morgan fingerprint density at radius 3 is 2.75 bits per heavy atom. The SMILES string of the molecule is COc1ccc(C=CC23OCCN2c2ccc(CC(=O)NCCC[SiH3])cc2C3(C)C)cc1. The molecule has 2 aliphatic rings. The van der Waals surface area contributed by atoms with Gasteiger partial charge in [0.2, 0.25) is 5.91 Å². The first-order chi connectivity index (χ1) is 15.4. The van der Waals surface area contributed by atoms with Crippen molar-refractivity contribution in [1.82, 2.24) is 5.32 Å². The van der Waals surface area contributed by atoms with E-state index in [-0.39, 0.29) is 11.3 Å². The molecule has 1 saturated heterocycles. The molecule has 2 aromatic carbocycles. The van der Waals surface area contributed by atoms with Crippen LogP contribution in [0, 0.1) is 0 Å². The second-order valence-electron chi connectivity index (χ2n) is 9.16. The Bertz CT molecular complexity index is 1000. The number of anilines is 1. The molecule has 2 aromatic rings. The third-order valence-corrected chi connectivity index (χ3v) is 7.50. The maximum Gasteiger partial charge on any atom is 0.224 e. The average Bonchev–Trinajstić information content (AvgIpc) is 3.30. The third kappa shape index (κ3) is 3.97. The first kappa shape index (κ1) is 22.6. The lowest BCUT2D eigenvalue weighted by Crippen LogP contribution is -2.51. The summed E-state index contributed by atoms with van der Waals surface area (Å²) in [6.45, 7) is 6.80. The van der Waals surface area contributed by atoms with Gasteiger partial charge in [-0.05, 0) is 47.4 Å². The van der Waals surface area contributed by atoms with Crippen LogP contribution in [0.5, 0.6) is 5.75 Å². The third-order valence-electron chi connectivity index (χ3n) is 6.79. The number of rotatable bonds is 8. The van der Waals surface area contributed by atoms with Crippen LogP contribution < -0.4 is 15.0 Å². The summed E-state index contributed by atoms with van der Waals surface area (Å²) in [6, 6.07) is 15.7. The molecule has 32 heavy (non-hydrogen) atoms. The Morgan fingerprint density at radius 2 is 2.03 bits per heavy atom. The normalized spacial score (nSPS) is 21.0. The molecule has 1 fully saturated rings. The van der Waals surface area contributed by atoms with Gasteiger partial charge in [-0.25, -0.2) is 0 Å². The summed E-state index contributed by atoms with van der Waals surface area (Å²) in [5.41, 5.74) is 3.79. The molecule has 1 unspecified atom stereocenters. The Morgan fingerprint density at radius 1 is 1.25 bits per heavy atom. The standard InChI is InChI=1S/C26H34N2O3Si/c1-25(2)22-17-20(18-24(29)27-13-4-16-32)7-10-23(22)28-14-15-31-26(25,28)12-11-19-5-8-21(30-3)9-6-19/h5-12,17H,4,13-16,18H2,1-3,32H3,(H,27,29). The fourth-order valence-electron chi connectivity index (χ4n) is 4.90. The van der Waals surface area contributed by atoms with Crippen molar-refractivity contribution in [1.29, 1.82) is 0 Å². The first-order valence-electron chi connectivity index (χ1n) is 11.6. The van der Waals surface area contributed by atoms with Gasteiger partial charge in [-0.3, -0.25) is 4.79 Å². The summed E-state index contributed by atoms with van der Waals surface area (Å²) >= 11 is 0. The highest BCUT2D eigenvalue weighted by Gasteiger charge is 2.59. The fourth-order valence-corrected chi connectivity index (χ4v) is 5.25. The van der Waals surface area contributed by atoms with E-state index in [9.17, 15) is 4.79 Å². The van der Waals surface area contributed by atoms with Gasteiger partial charge in [0.05, 0.1) is 20.1 Å². The summed E-state index contributed by atoms with van der Waals surface area (Å²) < 4.78 is 11.7. The van der Waals surface area contributed by atoms with Crippen LogP contribution in [0.1, 0.15) is 37.0 Å². The van der Waals surface area contributed by atoms with Gasteiger partial charge in [0.1, 0.15) is 5.75 Å². The minimum atomic E-state index is -0.541. The van der Waals surface area contributed by atoms with Crippen molar-refractivity contribution in [3.8, 4) is 5.75 Å². The molecule has 0 aromatic heterocycles. The zero-order chi connectivity index (χ0) is 22.8. The predicted octanol–water partition coefficient (Wildman–Crippen LogP) is 3.07. The summed E-state index contributed by atoms with van der Waals surface area (Å²) in [5, 5.41) is 3.04. The van der Waals surface area contributed by atoms with Gasteiger partial charge < -0.3 is 19.7 Å². The molecule has 2 aliphatic heterocycles. The Hall–Kier alpha value is -2.57. The number of nitrogens with zero attached hydrogens (tertiary/aromatic N) is 1. The molecule has 170 valence electrons. The van der Waals surface area contributed by atoms with Gasteiger partial charge in [0, 0.05) is 34.4 Å². The molecule has 2 heterocycles. The van der Waals surface area contributed by atoms with Crippen LogP contribution >= 0.6 is 0 Å². The van der Waals surface area contributed by atoms with Gasteiger partial charge in [-0.15, -0.1) is 0 Å². The van der Waals surface area contributed by atoms with Gasteiger partial charge in [-0.1, -0.05) is 50.2 Å². The van der Waals surface area contributed by atoms with E-state index < -0.39 is 5.72 Å². The highest BCUT2D eigenvalue weighted by Crippen LogP contribution is 2.55. The topological polar surface area (TPSA) is 50.8 Å². The highest BCUT2D eigenvalue weighted by atomic mass is 28.1. The first-order valence-corrected chi connectivity index (χ1v) is 13.0. The molecule has 0 radical (unpaired) electrons. The largest absolute Gasteiger partial charge is 0.497 e. The van der Waals surface area contributed by atoms with Crippen LogP contribution in [0.2, 0.25) is 6.04 Å². The average molecular weight is 451 g/mol. The molecule has 1 N–H and O–H groups in total. The van der Waals surface area contributed by atoms with Crippen molar-refractivity contribution in [3.05, 3.63) is 65.2 Å². The molecule has 0 aliphatic carbocycles. The lowest BCUT2D eigenvalue weighted by atomic mass is 9.76. The number of amides is 1. The molecule has 4 rings (SSSR count). The van der Waals surface area contributed by atoms with Crippen molar-refractivity contribution < 1.29 is 14.3 Å². The molecule has 1 atom stereocenters. The lowest BCUT2D eigenvalue weighted by molar-refractivity contribution is -0.120. The molecule has 6 heteroatoms. The van der Waals surface area contributed by atoms with E-state index in [0.29, 0.717) is 13.0 Å². The van der Waals surface area contributed by atoms with Crippen LogP contribution in [0.15, 0.2) is 48.5 Å². The van der Waals surface area contributed by atoms with E-state index in [4.69, 9.17) is 9.47 Å². The Kier molecular flexibility index (Phi) is 6.44. The fraction of sp³-hybridized carbons (Fsp3) is 0.423. The number of carbonyl (C=O) groups excluding carboxylic acids is 1. The second-order valence-corrected chi connectivity index (χ2v) is 10.2. The number of benzene rings is 2. The number of hydrogen-bond donors (Lipinski definition) is 1. The minimum absolute atomic E-state index is 0.0988. The molecular formula is C26H34N2O3Si. The van der Waals surface area contributed by atoms with Crippen molar-refractivity contribution >= 4 is 27.9 Å². The second kappa shape index (κ2) is 9.12. The number of nitrogens with one attached hydrogen (secondary N) is 1. The maximum atomic E-state index is 12.4. The zero-order valence-corrected chi connectivity index (χ0v) is 21.6. The number of hydrogen-bond acceptors (Lipinski definition) is 4. The number of methoxy groups -OCH3 is 1. The lowest BCUT2D eigenvalue weighted by Gasteiger charge is -2.39. The molecule has 0 saturated carbocycles. The van der Waals surface area contributed by atoms with Gasteiger partial charge in [-0.2, -0.15) is 0 Å². The number of fused-ring (bicyclic) bond motifs is 3. The van der Waals surface area contributed by atoms with Crippen LogP contribution in [-0.2, 0) is 21.4 Å². The molecule has 0 spiro atoms.